The van der Waals surface area contributed by atoms with Gasteiger partial charge in [-0.2, -0.15) is 0 Å². The largest absolute Gasteiger partial charge is 0.385 e. The van der Waals surface area contributed by atoms with E-state index in [1.807, 2.05) is 0 Å². The number of rotatable bonds is 3. The van der Waals surface area contributed by atoms with Crippen molar-refractivity contribution in [2.45, 2.75) is 0 Å². The monoisotopic (exact) mass is 236 g/mol. The molecule has 0 rings (SSSR count). The average molecular weight is 237 g/mol. The summed E-state index contributed by atoms with van der Waals surface area (Å²) in [4.78, 5) is 0. The Morgan fingerprint density at radius 3 is 1.45 bits per heavy atom. The fourth-order valence-corrected chi connectivity index (χ4v) is 1.85. The molecule has 0 spiro atoms. The Balaban J connectivity index is 0. The maximum Gasteiger partial charge on any atom is 0.131 e. The van der Waals surface area contributed by atoms with E-state index in [1.165, 1.54) is 23.5 Å². The smallest absolute Gasteiger partial charge is 0.131 e. The molecule has 11 heavy (non-hydrogen) atoms. The molecule has 7 heteroatoms. The molecular formula is C4H8MgN2S4. The van der Waals surface area contributed by atoms with Gasteiger partial charge in [-0.25, -0.2) is 0 Å². The lowest BCUT2D eigenvalue weighted by molar-refractivity contribution is 1.57. The van der Waals surface area contributed by atoms with Crippen molar-refractivity contribution >= 4 is 79.7 Å². The Morgan fingerprint density at radius 2 is 1.27 bits per heavy atom. The summed E-state index contributed by atoms with van der Waals surface area (Å²) >= 11 is 12.2. The molecule has 0 aromatic carbocycles. The third-order valence-electron chi connectivity index (χ3n) is 0.572. The topological polar surface area (TPSA) is 52.0 Å². The molecule has 0 aliphatic heterocycles. The van der Waals surface area contributed by atoms with Gasteiger partial charge in [-0.05, 0) is 0 Å². The van der Waals surface area contributed by atoms with Crippen molar-refractivity contribution in [2.24, 2.45) is 11.5 Å². The van der Waals surface area contributed by atoms with E-state index in [0.717, 1.165) is 11.5 Å². The molecule has 2 nitrogen and oxygen atoms in total. The molecule has 0 bridgehead atoms. The van der Waals surface area contributed by atoms with E-state index in [2.05, 4.69) is 24.4 Å². The zero-order chi connectivity index (χ0) is 7.98. The van der Waals surface area contributed by atoms with Gasteiger partial charge in [0.1, 0.15) is 8.64 Å². The fourth-order valence-electron chi connectivity index (χ4n) is 0.285. The average Bonchev–Trinajstić information content (AvgIpc) is 1.79. The summed E-state index contributed by atoms with van der Waals surface area (Å²) in [5.74, 6) is 1.74. The molecule has 0 aliphatic rings. The summed E-state index contributed by atoms with van der Waals surface area (Å²) in [5.41, 5.74) is 10.5. The van der Waals surface area contributed by atoms with E-state index >= 15 is 0 Å². The van der Waals surface area contributed by atoms with Gasteiger partial charge in [0.15, 0.2) is 0 Å². The second kappa shape index (κ2) is 9.34. The number of nitrogens with two attached hydrogens (primary N) is 2. The first kappa shape index (κ1) is 14.8. The highest BCUT2D eigenvalue weighted by Crippen LogP contribution is 2.06. The second-order valence-electron chi connectivity index (χ2n) is 1.33. The highest BCUT2D eigenvalue weighted by atomic mass is 32.2. The van der Waals surface area contributed by atoms with Crippen LogP contribution in [0.5, 0.6) is 0 Å². The third-order valence-corrected chi connectivity index (χ3v) is 2.92. The van der Waals surface area contributed by atoms with Crippen molar-refractivity contribution in [1.82, 2.24) is 0 Å². The molecule has 0 aromatic heterocycles. The van der Waals surface area contributed by atoms with Gasteiger partial charge in [0.2, 0.25) is 0 Å². The van der Waals surface area contributed by atoms with Gasteiger partial charge < -0.3 is 11.5 Å². The van der Waals surface area contributed by atoms with Crippen LogP contribution >= 0.6 is 48.0 Å². The van der Waals surface area contributed by atoms with E-state index in [1.54, 1.807) is 0 Å². The first-order chi connectivity index (χ1) is 4.63. The molecule has 0 unspecified atom stereocenters. The number of thiocarbonyl (C=S) groups is 2. The van der Waals surface area contributed by atoms with Crippen molar-refractivity contribution in [2.75, 3.05) is 11.5 Å². The van der Waals surface area contributed by atoms with Crippen LogP contribution in [0.3, 0.4) is 0 Å². The van der Waals surface area contributed by atoms with Gasteiger partial charge in [-0.3, -0.25) is 0 Å². The number of hydrogen-bond acceptors (Lipinski definition) is 4. The van der Waals surface area contributed by atoms with Gasteiger partial charge in [-0.1, -0.05) is 48.0 Å². The zero-order valence-electron chi connectivity index (χ0n) is 5.91. The summed E-state index contributed by atoms with van der Waals surface area (Å²) in [7, 11) is 0. The van der Waals surface area contributed by atoms with Crippen molar-refractivity contribution in [1.29, 1.82) is 0 Å². The molecule has 0 heterocycles. The molecule has 0 aliphatic carbocycles. The molecule has 0 amide bonds. The molecule has 2 radical (unpaired) electrons. The van der Waals surface area contributed by atoms with Crippen molar-refractivity contribution in [3.05, 3.63) is 0 Å². The minimum atomic E-state index is 0. The van der Waals surface area contributed by atoms with Gasteiger partial charge in [-0.15, -0.1) is 0 Å². The maximum atomic E-state index is 5.23. The predicted molar refractivity (Wildman–Crippen MR) is 64.2 cm³/mol. The van der Waals surface area contributed by atoms with E-state index in [0.29, 0.717) is 8.64 Å². The summed E-state index contributed by atoms with van der Waals surface area (Å²) < 4.78 is 0.951. The van der Waals surface area contributed by atoms with Crippen molar-refractivity contribution < 1.29 is 0 Å². The Kier molecular flexibility index (Phi) is 12.5. The first-order valence-corrected chi connectivity index (χ1v) is 5.26. The molecule has 60 valence electrons. The Hall–Kier alpha value is 1.25. The molecule has 0 saturated carbocycles. The molecule has 4 N–H and O–H groups in total. The van der Waals surface area contributed by atoms with Crippen LogP contribution in [0, 0.1) is 0 Å². The normalized spacial score (nSPS) is 8.36. The lowest BCUT2D eigenvalue weighted by atomic mass is 11.0. The second-order valence-corrected chi connectivity index (χ2v) is 5.00. The molecule has 0 atom stereocenters. The summed E-state index contributed by atoms with van der Waals surface area (Å²) in [5, 5.41) is 0. The zero-order valence-corrected chi connectivity index (χ0v) is 10.6. The van der Waals surface area contributed by atoms with Crippen molar-refractivity contribution in [3.63, 3.8) is 0 Å². The van der Waals surface area contributed by atoms with Crippen molar-refractivity contribution in [3.8, 4) is 0 Å². The lowest BCUT2D eigenvalue weighted by Gasteiger charge is -1.96. The van der Waals surface area contributed by atoms with Gasteiger partial charge in [0.05, 0.1) is 0 Å². The summed E-state index contributed by atoms with van der Waals surface area (Å²) in [6.07, 6.45) is 0. The number of hydrogen-bond donors (Lipinski definition) is 2. The minimum Gasteiger partial charge on any atom is -0.385 e. The van der Waals surface area contributed by atoms with Crippen LogP contribution in [0.4, 0.5) is 0 Å². The molecule has 0 fully saturated rings. The molecular weight excluding hydrogens is 229 g/mol. The van der Waals surface area contributed by atoms with Crippen LogP contribution in [-0.4, -0.2) is 43.2 Å². The molecule has 0 saturated heterocycles. The Morgan fingerprint density at radius 1 is 1.00 bits per heavy atom. The van der Waals surface area contributed by atoms with E-state index in [4.69, 9.17) is 11.5 Å². The number of thioether (sulfide) groups is 2. The summed E-state index contributed by atoms with van der Waals surface area (Å²) in [6.45, 7) is 0. The highest BCUT2D eigenvalue weighted by molar-refractivity contribution is 8.25. The lowest BCUT2D eigenvalue weighted by Crippen LogP contribution is -2.06. The van der Waals surface area contributed by atoms with Crippen LogP contribution in [0.15, 0.2) is 0 Å². The van der Waals surface area contributed by atoms with E-state index < -0.39 is 0 Å². The fraction of sp³-hybridized carbons (Fsp3) is 0.500. The third kappa shape index (κ3) is 14.1. The Bertz CT molecular complexity index is 124. The van der Waals surface area contributed by atoms with Crippen LogP contribution in [0.25, 0.3) is 0 Å². The highest BCUT2D eigenvalue weighted by Gasteiger charge is 1.92. The standard InChI is InChI=1S/C4H8N2S4.Mg/c5-3(7)9-1-2-10-4(6)8;/h1-2H2,(H2,5,7)(H2,6,8);. The van der Waals surface area contributed by atoms with E-state index in [-0.39, 0.29) is 23.1 Å². The predicted octanol–water partition coefficient (Wildman–Crippen LogP) is 0.559. The SMILES string of the molecule is NC(=S)SCCSC(N)=S.[Mg]. The van der Waals surface area contributed by atoms with E-state index in [9.17, 15) is 0 Å². The van der Waals surface area contributed by atoms with Gasteiger partial charge in [0, 0.05) is 34.6 Å². The van der Waals surface area contributed by atoms with Crippen LogP contribution in [0.1, 0.15) is 0 Å². The van der Waals surface area contributed by atoms with Gasteiger partial charge >= 0.3 is 0 Å². The minimum absolute atomic E-state index is 0. The van der Waals surface area contributed by atoms with Crippen LogP contribution in [-0.2, 0) is 0 Å². The first-order valence-electron chi connectivity index (χ1n) is 2.47. The van der Waals surface area contributed by atoms with Crippen LogP contribution < -0.4 is 11.5 Å². The summed E-state index contributed by atoms with van der Waals surface area (Å²) in [6, 6.07) is 0. The van der Waals surface area contributed by atoms with Crippen LogP contribution in [0.2, 0.25) is 0 Å². The Labute approximate surface area is 102 Å². The molecule has 0 aromatic rings. The van der Waals surface area contributed by atoms with Gasteiger partial charge in [0.25, 0.3) is 0 Å². The quantitative estimate of drug-likeness (QED) is 0.424. The maximum absolute atomic E-state index is 5.23.